The highest BCUT2D eigenvalue weighted by molar-refractivity contribution is 6.30. The smallest absolute Gasteiger partial charge is 0.221 e. The maximum Gasteiger partial charge on any atom is 0.221 e. The molecule has 0 unspecified atom stereocenters. The van der Waals surface area contributed by atoms with Crippen molar-refractivity contribution in [1.82, 2.24) is 9.97 Å². The molecule has 0 aliphatic heterocycles. The number of aromatic nitrogens is 2. The van der Waals surface area contributed by atoms with E-state index in [0.29, 0.717) is 17.6 Å². The molecule has 1 rings (SSSR count). The van der Waals surface area contributed by atoms with Crippen molar-refractivity contribution < 1.29 is 4.74 Å². The van der Waals surface area contributed by atoms with Gasteiger partial charge in [-0.25, -0.2) is 9.97 Å². The average molecular weight is 271 g/mol. The lowest BCUT2D eigenvalue weighted by atomic mass is 10.1. The van der Waals surface area contributed by atoms with E-state index in [1.807, 2.05) is 0 Å². The van der Waals surface area contributed by atoms with Gasteiger partial charge in [0.15, 0.2) is 0 Å². The highest BCUT2D eigenvalue weighted by atomic mass is 35.5. The summed E-state index contributed by atoms with van der Waals surface area (Å²) in [5.41, 5.74) is 0.910. The highest BCUT2D eigenvalue weighted by Gasteiger charge is 2.14. The number of nitrogens with zero attached hydrogens (tertiary/aromatic N) is 2. The van der Waals surface area contributed by atoms with E-state index in [4.69, 9.17) is 16.3 Å². The van der Waals surface area contributed by atoms with Gasteiger partial charge in [0, 0.05) is 0 Å². The predicted octanol–water partition coefficient (Wildman–Crippen LogP) is 4.60. The summed E-state index contributed by atoms with van der Waals surface area (Å²) in [5, 5.41) is 0.501. The van der Waals surface area contributed by atoms with Gasteiger partial charge in [-0.1, -0.05) is 58.1 Å². The lowest BCUT2D eigenvalue weighted by molar-refractivity contribution is 0.288. The molecule has 0 aliphatic carbocycles. The average Bonchev–Trinajstić information content (AvgIpc) is 2.33. The van der Waals surface area contributed by atoms with Crippen molar-refractivity contribution in [2.45, 2.75) is 58.8 Å². The molecule has 3 nitrogen and oxygen atoms in total. The van der Waals surface area contributed by atoms with Gasteiger partial charge in [-0.15, -0.1) is 0 Å². The van der Waals surface area contributed by atoms with E-state index in [2.05, 4.69) is 30.7 Å². The second kappa shape index (κ2) is 8.30. The van der Waals surface area contributed by atoms with Crippen molar-refractivity contribution >= 4 is 11.6 Å². The number of hydrogen-bond donors (Lipinski definition) is 0. The Kier molecular flexibility index (Phi) is 7.02. The van der Waals surface area contributed by atoms with Crippen LogP contribution in [-0.2, 0) is 0 Å². The standard InChI is InChI=1S/C14H23ClN2O/c1-4-5-6-7-8-9-18-14-12(11(2)3)13(15)16-10-17-14/h10-11H,4-9H2,1-3H3. The van der Waals surface area contributed by atoms with Crippen LogP contribution in [0, 0.1) is 0 Å². The molecule has 18 heavy (non-hydrogen) atoms. The number of ether oxygens (including phenoxy) is 1. The Balaban J connectivity index is 2.44. The fourth-order valence-corrected chi connectivity index (χ4v) is 2.18. The minimum atomic E-state index is 0.272. The molecule has 0 spiro atoms. The molecule has 0 saturated carbocycles. The SMILES string of the molecule is CCCCCCCOc1ncnc(Cl)c1C(C)C. The van der Waals surface area contributed by atoms with Crippen LogP contribution in [0.3, 0.4) is 0 Å². The lowest BCUT2D eigenvalue weighted by Crippen LogP contribution is -2.05. The maximum atomic E-state index is 6.07. The molecule has 0 aromatic carbocycles. The van der Waals surface area contributed by atoms with Crippen molar-refractivity contribution in [2.75, 3.05) is 6.61 Å². The van der Waals surface area contributed by atoms with Crippen LogP contribution in [0.25, 0.3) is 0 Å². The second-order valence-corrected chi connectivity index (χ2v) is 5.16. The number of halogens is 1. The van der Waals surface area contributed by atoms with Gasteiger partial charge in [0.1, 0.15) is 11.5 Å². The quantitative estimate of drug-likeness (QED) is 0.511. The van der Waals surface area contributed by atoms with Gasteiger partial charge in [0.2, 0.25) is 5.88 Å². The zero-order valence-corrected chi connectivity index (χ0v) is 12.3. The highest BCUT2D eigenvalue weighted by Crippen LogP contribution is 2.29. The minimum Gasteiger partial charge on any atom is -0.477 e. The van der Waals surface area contributed by atoms with Gasteiger partial charge in [-0.3, -0.25) is 0 Å². The number of hydrogen-bond acceptors (Lipinski definition) is 3. The topological polar surface area (TPSA) is 35.0 Å². The summed E-state index contributed by atoms with van der Waals surface area (Å²) in [4.78, 5) is 8.18. The van der Waals surface area contributed by atoms with Crippen molar-refractivity contribution in [3.8, 4) is 5.88 Å². The molecule has 0 bridgehead atoms. The molecule has 0 fully saturated rings. The zero-order valence-electron chi connectivity index (χ0n) is 11.6. The molecule has 0 saturated heterocycles. The zero-order chi connectivity index (χ0) is 13.4. The first-order valence-electron chi connectivity index (χ1n) is 6.80. The van der Waals surface area contributed by atoms with Crippen molar-refractivity contribution in [3.63, 3.8) is 0 Å². The fourth-order valence-electron chi connectivity index (χ4n) is 1.83. The third-order valence-corrected chi connectivity index (χ3v) is 3.16. The molecule has 0 amide bonds. The molecule has 102 valence electrons. The summed E-state index contributed by atoms with van der Waals surface area (Å²) in [6.07, 6.45) is 7.58. The largest absolute Gasteiger partial charge is 0.477 e. The molecule has 4 heteroatoms. The Bertz CT molecular complexity index is 356. The van der Waals surface area contributed by atoms with Crippen LogP contribution in [0.15, 0.2) is 6.33 Å². The van der Waals surface area contributed by atoms with Crippen LogP contribution in [0.1, 0.15) is 64.4 Å². The van der Waals surface area contributed by atoms with E-state index in [-0.39, 0.29) is 5.92 Å². The van der Waals surface area contributed by atoms with Gasteiger partial charge in [-0.05, 0) is 12.3 Å². The van der Waals surface area contributed by atoms with Gasteiger partial charge in [-0.2, -0.15) is 0 Å². The van der Waals surface area contributed by atoms with E-state index in [0.717, 1.165) is 12.0 Å². The van der Waals surface area contributed by atoms with Crippen molar-refractivity contribution in [1.29, 1.82) is 0 Å². The summed E-state index contributed by atoms with van der Waals surface area (Å²) in [7, 11) is 0. The Morgan fingerprint density at radius 2 is 1.89 bits per heavy atom. The van der Waals surface area contributed by atoms with Gasteiger partial charge < -0.3 is 4.74 Å². The Morgan fingerprint density at radius 3 is 2.56 bits per heavy atom. The first-order valence-corrected chi connectivity index (χ1v) is 7.17. The molecule has 0 aliphatic rings. The predicted molar refractivity (Wildman–Crippen MR) is 75.4 cm³/mol. The van der Waals surface area contributed by atoms with Crippen LogP contribution in [-0.4, -0.2) is 16.6 Å². The maximum absolute atomic E-state index is 6.07. The van der Waals surface area contributed by atoms with E-state index in [1.165, 1.54) is 32.0 Å². The molecule has 1 aromatic heterocycles. The normalized spacial score (nSPS) is 10.9. The first kappa shape index (κ1) is 15.2. The second-order valence-electron chi connectivity index (χ2n) is 4.80. The summed E-state index contributed by atoms with van der Waals surface area (Å²) in [6, 6.07) is 0. The number of rotatable bonds is 8. The molecule has 1 aromatic rings. The minimum absolute atomic E-state index is 0.272. The summed E-state index contributed by atoms with van der Waals surface area (Å²) >= 11 is 6.07. The van der Waals surface area contributed by atoms with Crippen molar-refractivity contribution in [3.05, 3.63) is 17.0 Å². The molecule has 1 heterocycles. The molecule has 0 radical (unpaired) electrons. The molecular weight excluding hydrogens is 248 g/mol. The Hall–Kier alpha value is -0.830. The lowest BCUT2D eigenvalue weighted by Gasteiger charge is -2.13. The van der Waals surface area contributed by atoms with E-state index < -0.39 is 0 Å². The van der Waals surface area contributed by atoms with Gasteiger partial charge in [0.05, 0.1) is 12.2 Å². The van der Waals surface area contributed by atoms with Crippen LogP contribution in [0.4, 0.5) is 0 Å². The van der Waals surface area contributed by atoms with Crippen LogP contribution < -0.4 is 4.74 Å². The van der Waals surface area contributed by atoms with Crippen LogP contribution in [0.2, 0.25) is 5.15 Å². The number of unbranched alkanes of at least 4 members (excludes halogenated alkanes) is 4. The van der Waals surface area contributed by atoms with E-state index >= 15 is 0 Å². The van der Waals surface area contributed by atoms with Crippen LogP contribution in [0.5, 0.6) is 5.88 Å². The van der Waals surface area contributed by atoms with Gasteiger partial charge >= 0.3 is 0 Å². The van der Waals surface area contributed by atoms with Gasteiger partial charge in [0.25, 0.3) is 0 Å². The third-order valence-electron chi connectivity index (χ3n) is 2.86. The molecule has 0 N–H and O–H groups in total. The Labute approximate surface area is 115 Å². The van der Waals surface area contributed by atoms with Crippen LogP contribution >= 0.6 is 11.6 Å². The monoisotopic (exact) mass is 270 g/mol. The third kappa shape index (κ3) is 4.81. The Morgan fingerprint density at radius 1 is 1.17 bits per heavy atom. The molecular formula is C14H23ClN2O. The van der Waals surface area contributed by atoms with Crippen molar-refractivity contribution in [2.24, 2.45) is 0 Å². The summed E-state index contributed by atoms with van der Waals surface area (Å²) < 4.78 is 5.72. The molecule has 0 atom stereocenters. The fraction of sp³-hybridized carbons (Fsp3) is 0.714. The summed E-state index contributed by atoms with van der Waals surface area (Å²) in [5.74, 6) is 0.911. The summed E-state index contributed by atoms with van der Waals surface area (Å²) in [6.45, 7) is 7.06. The first-order chi connectivity index (χ1) is 8.66. The van der Waals surface area contributed by atoms with E-state index in [1.54, 1.807) is 0 Å². The van der Waals surface area contributed by atoms with E-state index in [9.17, 15) is 0 Å².